The third kappa shape index (κ3) is 4.22. The van der Waals surface area contributed by atoms with Crippen molar-refractivity contribution in [2.45, 2.75) is 26.8 Å². The number of nitrogens with zero attached hydrogens (tertiary/aromatic N) is 1. The maximum atomic E-state index is 5.58. The quantitative estimate of drug-likeness (QED) is 0.852. The second-order valence-electron chi connectivity index (χ2n) is 5.59. The summed E-state index contributed by atoms with van der Waals surface area (Å²) in [5, 5.41) is 3.43. The van der Waals surface area contributed by atoms with Gasteiger partial charge in [0.2, 0.25) is 0 Å². The van der Waals surface area contributed by atoms with Gasteiger partial charge in [-0.2, -0.15) is 0 Å². The van der Waals surface area contributed by atoms with E-state index in [9.17, 15) is 0 Å². The Balaban J connectivity index is 1.89. The first kappa shape index (κ1) is 14.4. The summed E-state index contributed by atoms with van der Waals surface area (Å²) in [5.41, 5.74) is 2.60. The molecule has 106 valence electrons. The highest BCUT2D eigenvalue weighted by Crippen LogP contribution is 2.20. The van der Waals surface area contributed by atoms with Crippen molar-refractivity contribution in [1.29, 1.82) is 0 Å². The van der Waals surface area contributed by atoms with E-state index in [1.54, 1.807) is 0 Å². The monoisotopic (exact) mass is 262 g/mol. The van der Waals surface area contributed by atoms with Crippen molar-refractivity contribution in [3.05, 3.63) is 29.3 Å². The zero-order valence-corrected chi connectivity index (χ0v) is 12.4. The Morgan fingerprint density at radius 1 is 1.42 bits per heavy atom. The molecule has 0 spiro atoms. The van der Waals surface area contributed by atoms with Crippen molar-refractivity contribution >= 4 is 0 Å². The van der Waals surface area contributed by atoms with Crippen molar-refractivity contribution < 1.29 is 4.74 Å². The predicted molar refractivity (Wildman–Crippen MR) is 79.7 cm³/mol. The molecule has 1 heterocycles. The summed E-state index contributed by atoms with van der Waals surface area (Å²) in [4.78, 5) is 2.42. The number of nitrogens with one attached hydrogen (secondary N) is 1. The molecular weight excluding hydrogens is 236 g/mol. The number of hydrogen-bond acceptors (Lipinski definition) is 3. The van der Waals surface area contributed by atoms with Crippen LogP contribution in [0.1, 0.15) is 24.5 Å². The Kier molecular flexibility index (Phi) is 5.23. The Hall–Kier alpha value is -1.06. The molecule has 1 unspecified atom stereocenters. The molecule has 0 bridgehead atoms. The summed E-state index contributed by atoms with van der Waals surface area (Å²) in [7, 11) is 2.21. The second kappa shape index (κ2) is 6.92. The highest BCUT2D eigenvalue weighted by Gasteiger charge is 2.16. The van der Waals surface area contributed by atoms with Gasteiger partial charge in [-0.05, 0) is 63.5 Å². The van der Waals surface area contributed by atoms with Crippen molar-refractivity contribution in [2.24, 2.45) is 5.92 Å². The van der Waals surface area contributed by atoms with Crippen molar-refractivity contribution in [3.8, 4) is 5.75 Å². The molecule has 1 fully saturated rings. The summed E-state index contributed by atoms with van der Waals surface area (Å²) in [6.07, 6.45) is 1.31. The van der Waals surface area contributed by atoms with E-state index in [0.29, 0.717) is 0 Å². The van der Waals surface area contributed by atoms with Crippen LogP contribution in [0.3, 0.4) is 0 Å². The number of benzene rings is 1. The van der Waals surface area contributed by atoms with E-state index < -0.39 is 0 Å². The molecule has 0 saturated carbocycles. The van der Waals surface area contributed by atoms with Gasteiger partial charge in [0.15, 0.2) is 0 Å². The first-order valence-corrected chi connectivity index (χ1v) is 7.30. The largest absolute Gasteiger partial charge is 0.494 e. The lowest BCUT2D eigenvalue weighted by Gasteiger charge is -2.21. The third-order valence-electron chi connectivity index (χ3n) is 3.72. The molecule has 3 nitrogen and oxygen atoms in total. The predicted octanol–water partition coefficient (Wildman–Crippen LogP) is 2.44. The van der Waals surface area contributed by atoms with Crippen LogP contribution in [0, 0.1) is 12.8 Å². The molecule has 2 rings (SSSR count). The molecule has 3 heteroatoms. The summed E-state index contributed by atoms with van der Waals surface area (Å²) >= 11 is 0. The molecule has 1 atom stereocenters. The fraction of sp³-hybridized carbons (Fsp3) is 0.625. The number of hydrogen-bond donors (Lipinski definition) is 1. The number of ether oxygens (including phenoxy) is 1. The van der Waals surface area contributed by atoms with Crippen molar-refractivity contribution in [2.75, 3.05) is 33.3 Å². The van der Waals surface area contributed by atoms with Gasteiger partial charge in [0.05, 0.1) is 6.61 Å². The summed E-state index contributed by atoms with van der Waals surface area (Å²) in [5.74, 6) is 1.82. The molecule has 1 aliphatic heterocycles. The molecule has 1 N–H and O–H groups in total. The minimum absolute atomic E-state index is 0.731. The first-order chi connectivity index (χ1) is 9.19. The van der Waals surface area contributed by atoms with Gasteiger partial charge >= 0.3 is 0 Å². The minimum atomic E-state index is 0.731. The summed E-state index contributed by atoms with van der Waals surface area (Å²) in [6, 6.07) is 6.52. The fourth-order valence-electron chi connectivity index (χ4n) is 2.81. The molecule has 0 amide bonds. The minimum Gasteiger partial charge on any atom is -0.494 e. The highest BCUT2D eigenvalue weighted by atomic mass is 16.5. The normalized spacial score (nSPS) is 19.1. The van der Waals surface area contributed by atoms with Gasteiger partial charge in [0, 0.05) is 13.1 Å². The lowest BCUT2D eigenvalue weighted by Crippen LogP contribution is -2.26. The van der Waals surface area contributed by atoms with E-state index in [1.165, 1.54) is 37.2 Å². The molecule has 1 aliphatic rings. The second-order valence-corrected chi connectivity index (χ2v) is 5.59. The standard InChI is InChI=1S/C16H26N2O/c1-4-19-16-6-5-14(9-13(16)2)11-18(3)12-15-7-8-17-10-15/h5-6,9,15,17H,4,7-8,10-12H2,1-3H3. The van der Waals surface area contributed by atoms with Gasteiger partial charge in [-0.15, -0.1) is 0 Å². The van der Waals surface area contributed by atoms with Crippen LogP contribution in [0.5, 0.6) is 5.75 Å². The zero-order valence-electron chi connectivity index (χ0n) is 12.4. The lowest BCUT2D eigenvalue weighted by atomic mass is 10.1. The summed E-state index contributed by atoms with van der Waals surface area (Å²) < 4.78 is 5.58. The van der Waals surface area contributed by atoms with E-state index >= 15 is 0 Å². The van der Waals surface area contributed by atoms with Crippen LogP contribution in [-0.4, -0.2) is 38.2 Å². The highest BCUT2D eigenvalue weighted by molar-refractivity contribution is 5.36. The summed E-state index contributed by atoms with van der Waals surface area (Å²) in [6.45, 7) is 9.43. The molecular formula is C16H26N2O. The average molecular weight is 262 g/mol. The van der Waals surface area contributed by atoms with Gasteiger partial charge in [0.1, 0.15) is 5.75 Å². The van der Waals surface area contributed by atoms with Crippen LogP contribution < -0.4 is 10.1 Å². The smallest absolute Gasteiger partial charge is 0.122 e. The van der Waals surface area contributed by atoms with Crippen LogP contribution in [0.15, 0.2) is 18.2 Å². The Morgan fingerprint density at radius 3 is 2.89 bits per heavy atom. The molecule has 1 aromatic rings. The Bertz CT molecular complexity index is 400. The van der Waals surface area contributed by atoms with E-state index in [2.05, 4.69) is 42.4 Å². The Morgan fingerprint density at radius 2 is 2.26 bits per heavy atom. The van der Waals surface area contributed by atoms with Crippen LogP contribution >= 0.6 is 0 Å². The van der Waals surface area contributed by atoms with E-state index in [1.807, 2.05) is 6.92 Å². The SMILES string of the molecule is CCOc1ccc(CN(C)CC2CCNC2)cc1C. The first-order valence-electron chi connectivity index (χ1n) is 7.30. The van der Waals surface area contributed by atoms with Crippen LogP contribution in [0.25, 0.3) is 0 Å². The van der Waals surface area contributed by atoms with E-state index in [-0.39, 0.29) is 0 Å². The van der Waals surface area contributed by atoms with E-state index in [4.69, 9.17) is 4.74 Å². The van der Waals surface area contributed by atoms with Gasteiger partial charge in [0.25, 0.3) is 0 Å². The fourth-order valence-corrected chi connectivity index (χ4v) is 2.81. The maximum absolute atomic E-state index is 5.58. The lowest BCUT2D eigenvalue weighted by molar-refractivity contribution is 0.278. The van der Waals surface area contributed by atoms with Gasteiger partial charge in [-0.25, -0.2) is 0 Å². The van der Waals surface area contributed by atoms with Crippen molar-refractivity contribution in [3.63, 3.8) is 0 Å². The Labute approximate surface area is 116 Å². The topological polar surface area (TPSA) is 24.5 Å². The van der Waals surface area contributed by atoms with Crippen LogP contribution in [0.4, 0.5) is 0 Å². The average Bonchev–Trinajstić information content (AvgIpc) is 2.85. The van der Waals surface area contributed by atoms with Crippen molar-refractivity contribution in [1.82, 2.24) is 10.2 Å². The molecule has 0 aliphatic carbocycles. The van der Waals surface area contributed by atoms with Gasteiger partial charge in [-0.3, -0.25) is 0 Å². The molecule has 0 aromatic heterocycles. The van der Waals surface area contributed by atoms with Crippen LogP contribution in [-0.2, 0) is 6.54 Å². The van der Waals surface area contributed by atoms with E-state index in [0.717, 1.165) is 24.8 Å². The molecule has 1 aromatic carbocycles. The number of rotatable bonds is 6. The van der Waals surface area contributed by atoms with Crippen LogP contribution in [0.2, 0.25) is 0 Å². The zero-order chi connectivity index (χ0) is 13.7. The molecule has 1 saturated heterocycles. The van der Waals surface area contributed by atoms with Gasteiger partial charge < -0.3 is 15.0 Å². The van der Waals surface area contributed by atoms with Gasteiger partial charge in [-0.1, -0.05) is 12.1 Å². The third-order valence-corrected chi connectivity index (χ3v) is 3.72. The molecule has 0 radical (unpaired) electrons. The maximum Gasteiger partial charge on any atom is 0.122 e. The molecule has 19 heavy (non-hydrogen) atoms. The number of aryl methyl sites for hydroxylation is 1.